The number of benzene rings is 1. The molecule has 0 saturated carbocycles. The molecule has 0 amide bonds. The average molecular weight is 274 g/mol. The molecule has 1 aromatic rings. The van der Waals surface area contributed by atoms with Crippen molar-refractivity contribution in [3.63, 3.8) is 0 Å². The summed E-state index contributed by atoms with van der Waals surface area (Å²) < 4.78 is 11.1. The van der Waals surface area contributed by atoms with Crippen molar-refractivity contribution in [2.75, 3.05) is 6.61 Å². The monoisotopic (exact) mass is 274 g/mol. The standard InChI is InChI=1S/C17H22O3/c1-12(2)11-19-15(18)9-8-13-6-5-7-14-10-17(3,4)20-16(13)14/h5-9,12H,10-11H2,1-4H3/b9-8+. The molecule has 0 spiro atoms. The first-order valence-electron chi connectivity index (χ1n) is 7.03. The predicted molar refractivity (Wildman–Crippen MR) is 79.7 cm³/mol. The first-order valence-corrected chi connectivity index (χ1v) is 7.03. The van der Waals surface area contributed by atoms with Crippen molar-refractivity contribution in [3.05, 3.63) is 35.4 Å². The highest BCUT2D eigenvalue weighted by molar-refractivity contribution is 5.87. The second-order valence-corrected chi connectivity index (χ2v) is 6.23. The third-order valence-electron chi connectivity index (χ3n) is 3.08. The van der Waals surface area contributed by atoms with E-state index in [1.54, 1.807) is 6.08 Å². The molecule has 1 aliphatic rings. The highest BCUT2D eigenvalue weighted by Crippen LogP contribution is 2.37. The minimum atomic E-state index is -0.312. The van der Waals surface area contributed by atoms with Crippen LogP contribution < -0.4 is 4.74 Å². The van der Waals surface area contributed by atoms with Gasteiger partial charge in [0, 0.05) is 18.1 Å². The molecule has 3 nitrogen and oxygen atoms in total. The van der Waals surface area contributed by atoms with Gasteiger partial charge < -0.3 is 9.47 Å². The molecule has 0 radical (unpaired) electrons. The minimum absolute atomic E-state index is 0.176. The zero-order valence-electron chi connectivity index (χ0n) is 12.6. The topological polar surface area (TPSA) is 35.5 Å². The van der Waals surface area contributed by atoms with Crippen LogP contribution >= 0.6 is 0 Å². The number of fused-ring (bicyclic) bond motifs is 1. The maximum atomic E-state index is 11.6. The van der Waals surface area contributed by atoms with Crippen LogP contribution in [0.2, 0.25) is 0 Å². The van der Waals surface area contributed by atoms with E-state index in [1.807, 2.05) is 26.0 Å². The van der Waals surface area contributed by atoms with Gasteiger partial charge in [0.1, 0.15) is 11.4 Å². The fourth-order valence-corrected chi connectivity index (χ4v) is 2.23. The van der Waals surface area contributed by atoms with Gasteiger partial charge in [-0.1, -0.05) is 32.0 Å². The van der Waals surface area contributed by atoms with Gasteiger partial charge in [-0.15, -0.1) is 0 Å². The van der Waals surface area contributed by atoms with E-state index < -0.39 is 0 Å². The highest BCUT2D eigenvalue weighted by atomic mass is 16.5. The molecular weight excluding hydrogens is 252 g/mol. The number of hydrogen-bond donors (Lipinski definition) is 0. The van der Waals surface area contributed by atoms with Gasteiger partial charge in [0.2, 0.25) is 0 Å². The first kappa shape index (κ1) is 14.6. The molecule has 2 rings (SSSR count). The molecule has 0 aliphatic carbocycles. The van der Waals surface area contributed by atoms with Crippen LogP contribution in [0.1, 0.15) is 38.8 Å². The Hall–Kier alpha value is -1.77. The largest absolute Gasteiger partial charge is 0.487 e. The normalized spacial score (nSPS) is 16.2. The molecule has 0 unspecified atom stereocenters. The number of para-hydroxylation sites is 1. The van der Waals surface area contributed by atoms with Crippen molar-refractivity contribution in [1.82, 2.24) is 0 Å². The van der Waals surface area contributed by atoms with Gasteiger partial charge >= 0.3 is 5.97 Å². The van der Waals surface area contributed by atoms with E-state index in [1.165, 1.54) is 11.6 Å². The van der Waals surface area contributed by atoms with Gasteiger partial charge in [0.25, 0.3) is 0 Å². The Labute approximate surface area is 120 Å². The Morgan fingerprint density at radius 1 is 1.45 bits per heavy atom. The fraction of sp³-hybridized carbons (Fsp3) is 0.471. The number of ether oxygens (including phenoxy) is 2. The van der Waals surface area contributed by atoms with Crippen LogP contribution in [0, 0.1) is 5.92 Å². The summed E-state index contributed by atoms with van der Waals surface area (Å²) >= 11 is 0. The van der Waals surface area contributed by atoms with E-state index in [0.29, 0.717) is 12.5 Å². The summed E-state index contributed by atoms with van der Waals surface area (Å²) in [5.41, 5.74) is 1.94. The van der Waals surface area contributed by atoms with Crippen molar-refractivity contribution < 1.29 is 14.3 Å². The molecule has 0 fully saturated rings. The van der Waals surface area contributed by atoms with E-state index in [9.17, 15) is 4.79 Å². The molecular formula is C17H22O3. The summed E-state index contributed by atoms with van der Waals surface area (Å²) in [6, 6.07) is 6.01. The summed E-state index contributed by atoms with van der Waals surface area (Å²) in [5, 5.41) is 0. The molecule has 0 N–H and O–H groups in total. The van der Waals surface area contributed by atoms with E-state index in [-0.39, 0.29) is 11.6 Å². The predicted octanol–water partition coefficient (Wildman–Crippen LogP) is 3.61. The lowest BCUT2D eigenvalue weighted by atomic mass is 10.0. The van der Waals surface area contributed by atoms with Crippen LogP contribution in [-0.2, 0) is 16.0 Å². The summed E-state index contributed by atoms with van der Waals surface area (Å²) in [6.45, 7) is 8.60. The van der Waals surface area contributed by atoms with Crippen LogP contribution in [-0.4, -0.2) is 18.2 Å². The highest BCUT2D eigenvalue weighted by Gasteiger charge is 2.30. The quantitative estimate of drug-likeness (QED) is 0.621. The molecule has 1 heterocycles. The van der Waals surface area contributed by atoms with Crippen LogP contribution in [0.4, 0.5) is 0 Å². The molecule has 1 aliphatic heterocycles. The molecule has 0 saturated heterocycles. The van der Waals surface area contributed by atoms with Crippen LogP contribution in [0.25, 0.3) is 6.08 Å². The maximum absolute atomic E-state index is 11.6. The van der Waals surface area contributed by atoms with Crippen molar-refractivity contribution in [1.29, 1.82) is 0 Å². The van der Waals surface area contributed by atoms with Crippen molar-refractivity contribution >= 4 is 12.0 Å². The zero-order chi connectivity index (χ0) is 14.8. The molecule has 108 valence electrons. The lowest BCUT2D eigenvalue weighted by Gasteiger charge is -2.17. The van der Waals surface area contributed by atoms with Crippen molar-refractivity contribution in [2.45, 2.75) is 39.7 Å². The van der Waals surface area contributed by atoms with Gasteiger partial charge in [-0.3, -0.25) is 0 Å². The lowest BCUT2D eigenvalue weighted by Crippen LogP contribution is -2.24. The van der Waals surface area contributed by atoms with Gasteiger partial charge in [-0.05, 0) is 31.4 Å². The summed E-state index contributed by atoms with van der Waals surface area (Å²) in [5.74, 6) is 0.913. The SMILES string of the molecule is CC(C)COC(=O)/C=C/c1cccc2c1OC(C)(C)C2. The number of esters is 1. The van der Waals surface area contributed by atoms with Crippen molar-refractivity contribution in [3.8, 4) is 5.75 Å². The Kier molecular flexibility index (Phi) is 4.17. The summed E-state index contributed by atoms with van der Waals surface area (Å²) in [7, 11) is 0. The van der Waals surface area contributed by atoms with Gasteiger partial charge in [0.05, 0.1) is 6.61 Å². The summed E-state index contributed by atoms with van der Waals surface area (Å²) in [6.07, 6.45) is 4.12. The Morgan fingerprint density at radius 2 is 2.20 bits per heavy atom. The number of carbonyl (C=O) groups is 1. The minimum Gasteiger partial charge on any atom is -0.487 e. The maximum Gasteiger partial charge on any atom is 0.330 e. The number of carbonyl (C=O) groups excluding carboxylic acids is 1. The van der Waals surface area contributed by atoms with Crippen molar-refractivity contribution in [2.24, 2.45) is 5.92 Å². The van der Waals surface area contributed by atoms with Crippen LogP contribution in [0.15, 0.2) is 24.3 Å². The van der Waals surface area contributed by atoms with E-state index in [4.69, 9.17) is 9.47 Å². The number of rotatable bonds is 4. The van der Waals surface area contributed by atoms with Gasteiger partial charge in [-0.25, -0.2) is 4.79 Å². The second-order valence-electron chi connectivity index (χ2n) is 6.23. The molecule has 3 heteroatoms. The smallest absolute Gasteiger partial charge is 0.330 e. The fourth-order valence-electron chi connectivity index (χ4n) is 2.23. The van der Waals surface area contributed by atoms with E-state index in [0.717, 1.165) is 17.7 Å². The third kappa shape index (κ3) is 3.62. The Bertz CT molecular complexity index is 527. The van der Waals surface area contributed by atoms with Gasteiger partial charge in [-0.2, -0.15) is 0 Å². The molecule has 0 bridgehead atoms. The third-order valence-corrected chi connectivity index (χ3v) is 3.08. The molecule has 1 aromatic carbocycles. The first-order chi connectivity index (χ1) is 9.37. The number of hydrogen-bond acceptors (Lipinski definition) is 3. The molecule has 20 heavy (non-hydrogen) atoms. The van der Waals surface area contributed by atoms with Gasteiger partial charge in [0.15, 0.2) is 0 Å². The lowest BCUT2D eigenvalue weighted by molar-refractivity contribution is -0.138. The average Bonchev–Trinajstić information content (AvgIpc) is 2.68. The van der Waals surface area contributed by atoms with Crippen LogP contribution in [0.5, 0.6) is 5.75 Å². The second kappa shape index (κ2) is 5.70. The Balaban J connectivity index is 2.08. The Morgan fingerprint density at radius 3 is 2.90 bits per heavy atom. The van der Waals surface area contributed by atoms with E-state index in [2.05, 4.69) is 19.9 Å². The van der Waals surface area contributed by atoms with Crippen LogP contribution in [0.3, 0.4) is 0 Å². The zero-order valence-corrected chi connectivity index (χ0v) is 12.6. The summed E-state index contributed by atoms with van der Waals surface area (Å²) in [4.78, 5) is 11.6. The molecule has 0 atom stereocenters. The molecule has 0 aromatic heterocycles. The van der Waals surface area contributed by atoms with E-state index >= 15 is 0 Å².